The first-order valence-electron chi connectivity index (χ1n) is 7.23. The number of hydrogen-bond acceptors (Lipinski definition) is 4. The molecule has 0 aliphatic carbocycles. The molecular weight excluding hydrogens is 268 g/mol. The lowest BCUT2D eigenvalue weighted by atomic mass is 10.1. The van der Waals surface area contributed by atoms with Crippen LogP contribution in [-0.4, -0.2) is 51.8 Å². The maximum Gasteiger partial charge on any atom is 0.255 e. The molecule has 2 heterocycles. The van der Waals surface area contributed by atoms with Crippen molar-refractivity contribution in [2.75, 3.05) is 19.8 Å². The topological polar surface area (TPSA) is 73.7 Å². The fourth-order valence-electron chi connectivity index (χ4n) is 2.66. The molecule has 0 aromatic carbocycles. The molecule has 5 nitrogen and oxygen atoms in total. The molecule has 2 rings (SSSR count). The van der Waals surface area contributed by atoms with Crippen LogP contribution in [0.2, 0.25) is 0 Å². The number of nitrogens with zero attached hydrogens (tertiary/aromatic N) is 2. The van der Waals surface area contributed by atoms with E-state index in [4.69, 9.17) is 10.2 Å². The highest BCUT2D eigenvalue weighted by atomic mass is 16.3. The van der Waals surface area contributed by atoms with Gasteiger partial charge in [-0.1, -0.05) is 11.8 Å². The predicted octanol–water partition coefficient (Wildman–Crippen LogP) is 0.802. The number of carbonyl (C=O) groups is 1. The first kappa shape index (κ1) is 15.5. The second-order valence-electron chi connectivity index (χ2n) is 5.08. The van der Waals surface area contributed by atoms with Gasteiger partial charge in [0, 0.05) is 37.2 Å². The molecule has 1 aromatic heterocycles. The van der Waals surface area contributed by atoms with Crippen LogP contribution >= 0.6 is 0 Å². The van der Waals surface area contributed by atoms with Gasteiger partial charge in [0.05, 0.1) is 5.56 Å². The number of aliphatic hydroxyl groups excluding tert-OH is 2. The van der Waals surface area contributed by atoms with Crippen molar-refractivity contribution in [3.63, 3.8) is 0 Å². The Bertz CT molecular complexity index is 548. The molecule has 1 aromatic rings. The number of pyridine rings is 1. The van der Waals surface area contributed by atoms with Crippen molar-refractivity contribution in [3.05, 3.63) is 29.6 Å². The summed E-state index contributed by atoms with van der Waals surface area (Å²) in [6.45, 7) is 0.696. The van der Waals surface area contributed by atoms with Crippen molar-refractivity contribution in [2.24, 2.45) is 0 Å². The normalized spacial score (nSPS) is 17.4. The Morgan fingerprint density at radius 1 is 1.43 bits per heavy atom. The summed E-state index contributed by atoms with van der Waals surface area (Å²) in [6, 6.07) is 1.91. The maximum absolute atomic E-state index is 12.6. The van der Waals surface area contributed by atoms with Gasteiger partial charge in [0.25, 0.3) is 5.91 Å². The van der Waals surface area contributed by atoms with E-state index >= 15 is 0 Å². The summed E-state index contributed by atoms with van der Waals surface area (Å²) in [4.78, 5) is 18.5. The average Bonchev–Trinajstić information content (AvgIpc) is 2.98. The summed E-state index contributed by atoms with van der Waals surface area (Å²) < 4.78 is 0. The third kappa shape index (κ3) is 4.03. The van der Waals surface area contributed by atoms with Crippen LogP contribution in [0.4, 0.5) is 0 Å². The van der Waals surface area contributed by atoms with Gasteiger partial charge in [0.2, 0.25) is 0 Å². The van der Waals surface area contributed by atoms with E-state index in [1.807, 2.05) is 4.90 Å². The first-order chi connectivity index (χ1) is 10.3. The van der Waals surface area contributed by atoms with Gasteiger partial charge in [0.1, 0.15) is 6.61 Å². The smallest absolute Gasteiger partial charge is 0.255 e. The van der Waals surface area contributed by atoms with Gasteiger partial charge < -0.3 is 15.1 Å². The predicted molar refractivity (Wildman–Crippen MR) is 78.6 cm³/mol. The van der Waals surface area contributed by atoms with Crippen molar-refractivity contribution in [3.8, 4) is 11.8 Å². The minimum atomic E-state index is -0.215. The summed E-state index contributed by atoms with van der Waals surface area (Å²) in [6.07, 6.45) is 6.66. The number of rotatable bonds is 4. The average molecular weight is 288 g/mol. The molecule has 1 aliphatic heterocycles. The van der Waals surface area contributed by atoms with E-state index in [2.05, 4.69) is 16.8 Å². The zero-order valence-corrected chi connectivity index (χ0v) is 12.0. The second kappa shape index (κ2) is 7.77. The van der Waals surface area contributed by atoms with Gasteiger partial charge >= 0.3 is 0 Å². The molecule has 1 saturated heterocycles. The summed E-state index contributed by atoms with van der Waals surface area (Å²) >= 11 is 0. The number of hydrogen-bond donors (Lipinski definition) is 2. The highest BCUT2D eigenvalue weighted by molar-refractivity contribution is 5.94. The molecule has 0 spiro atoms. The molecule has 1 amide bonds. The lowest BCUT2D eigenvalue weighted by Gasteiger charge is -2.24. The number of aromatic nitrogens is 1. The zero-order chi connectivity index (χ0) is 15.1. The fraction of sp³-hybridized carbons (Fsp3) is 0.500. The molecule has 2 N–H and O–H groups in total. The highest BCUT2D eigenvalue weighted by Gasteiger charge is 2.29. The van der Waals surface area contributed by atoms with Crippen LogP contribution in [0.5, 0.6) is 0 Å². The summed E-state index contributed by atoms with van der Waals surface area (Å²) in [7, 11) is 0. The minimum absolute atomic E-state index is 0.0319. The van der Waals surface area contributed by atoms with E-state index in [0.29, 0.717) is 17.5 Å². The molecule has 0 saturated carbocycles. The number of aliphatic hydroxyl groups is 2. The Morgan fingerprint density at radius 3 is 3.05 bits per heavy atom. The Balaban J connectivity index is 2.11. The molecule has 21 heavy (non-hydrogen) atoms. The molecule has 1 atom stereocenters. The van der Waals surface area contributed by atoms with E-state index in [1.165, 1.54) is 0 Å². The van der Waals surface area contributed by atoms with Crippen LogP contribution in [0.15, 0.2) is 18.5 Å². The van der Waals surface area contributed by atoms with Crippen LogP contribution in [0.1, 0.15) is 41.6 Å². The van der Waals surface area contributed by atoms with Gasteiger partial charge in [-0.3, -0.25) is 9.78 Å². The largest absolute Gasteiger partial charge is 0.396 e. The number of amides is 1. The molecule has 1 fully saturated rings. The third-order valence-corrected chi connectivity index (χ3v) is 3.63. The quantitative estimate of drug-likeness (QED) is 0.804. The van der Waals surface area contributed by atoms with E-state index in [9.17, 15) is 4.79 Å². The molecule has 0 bridgehead atoms. The van der Waals surface area contributed by atoms with Crippen molar-refractivity contribution in [1.29, 1.82) is 0 Å². The van der Waals surface area contributed by atoms with Crippen molar-refractivity contribution >= 4 is 5.91 Å². The van der Waals surface area contributed by atoms with Crippen LogP contribution in [0.25, 0.3) is 0 Å². The molecular formula is C16H20N2O3. The SMILES string of the molecule is O=C(c1cncc(C#CCO)c1)N1CCCC1CCCO. The minimum Gasteiger partial charge on any atom is -0.396 e. The van der Waals surface area contributed by atoms with Gasteiger partial charge in [-0.25, -0.2) is 0 Å². The van der Waals surface area contributed by atoms with E-state index in [1.54, 1.807) is 18.5 Å². The Labute approximate surface area is 124 Å². The molecule has 1 unspecified atom stereocenters. The monoisotopic (exact) mass is 288 g/mol. The molecule has 0 radical (unpaired) electrons. The number of carbonyl (C=O) groups excluding carboxylic acids is 1. The van der Waals surface area contributed by atoms with E-state index < -0.39 is 0 Å². The van der Waals surface area contributed by atoms with Crippen LogP contribution in [-0.2, 0) is 0 Å². The number of likely N-dealkylation sites (tertiary alicyclic amines) is 1. The first-order valence-corrected chi connectivity index (χ1v) is 7.23. The summed E-state index contributed by atoms with van der Waals surface area (Å²) in [5.41, 5.74) is 1.15. The van der Waals surface area contributed by atoms with E-state index in [0.717, 1.165) is 25.8 Å². The van der Waals surface area contributed by atoms with Crippen LogP contribution in [0.3, 0.4) is 0 Å². The third-order valence-electron chi connectivity index (χ3n) is 3.63. The van der Waals surface area contributed by atoms with Crippen LogP contribution in [0, 0.1) is 11.8 Å². The highest BCUT2D eigenvalue weighted by Crippen LogP contribution is 2.23. The molecule has 112 valence electrons. The lowest BCUT2D eigenvalue weighted by molar-refractivity contribution is 0.0724. The van der Waals surface area contributed by atoms with E-state index in [-0.39, 0.29) is 25.2 Å². The van der Waals surface area contributed by atoms with Crippen molar-refractivity contribution in [2.45, 2.75) is 31.7 Å². The van der Waals surface area contributed by atoms with Crippen molar-refractivity contribution in [1.82, 2.24) is 9.88 Å². The van der Waals surface area contributed by atoms with Crippen LogP contribution < -0.4 is 0 Å². The maximum atomic E-state index is 12.6. The zero-order valence-electron chi connectivity index (χ0n) is 12.0. The van der Waals surface area contributed by atoms with Crippen molar-refractivity contribution < 1.29 is 15.0 Å². The summed E-state index contributed by atoms with van der Waals surface area (Å²) in [5.74, 6) is 5.28. The van der Waals surface area contributed by atoms with Gasteiger partial charge in [-0.05, 0) is 31.7 Å². The summed E-state index contributed by atoms with van der Waals surface area (Å²) in [5, 5.41) is 17.6. The Morgan fingerprint density at radius 2 is 2.29 bits per heavy atom. The second-order valence-corrected chi connectivity index (χ2v) is 5.08. The Kier molecular flexibility index (Phi) is 5.73. The molecule has 1 aliphatic rings. The van der Waals surface area contributed by atoms with Gasteiger partial charge in [0.15, 0.2) is 0 Å². The lowest BCUT2D eigenvalue weighted by Crippen LogP contribution is -2.35. The fourth-order valence-corrected chi connectivity index (χ4v) is 2.66. The standard InChI is InChI=1S/C16H20N2O3/c19-8-2-4-13-10-14(12-17-11-13)16(21)18-7-1-5-15(18)6-3-9-20/h10-12,15,19-20H,1,3,5-9H2. The van der Waals surface area contributed by atoms with Gasteiger partial charge in [-0.2, -0.15) is 0 Å². The molecule has 5 heteroatoms. The Hall–Kier alpha value is -1.90. The van der Waals surface area contributed by atoms with Gasteiger partial charge in [-0.15, -0.1) is 0 Å².